The highest BCUT2D eigenvalue weighted by Crippen LogP contribution is 2.30. The smallest absolute Gasteiger partial charge is 0.187 e. The summed E-state index contributed by atoms with van der Waals surface area (Å²) in [6.07, 6.45) is 6.30. The fourth-order valence-electron chi connectivity index (χ4n) is 2.52. The zero-order valence-electron chi connectivity index (χ0n) is 14.5. The quantitative estimate of drug-likeness (QED) is 0.390. The highest BCUT2D eigenvalue weighted by Gasteiger charge is 2.05. The van der Waals surface area contributed by atoms with Crippen LogP contribution >= 0.6 is 22.7 Å². The molecule has 3 nitrogen and oxygen atoms in total. The molecule has 0 aliphatic heterocycles. The van der Waals surface area contributed by atoms with Crippen molar-refractivity contribution in [3.05, 3.63) is 47.2 Å². The molecule has 3 aromatic rings. The number of rotatable bonds is 10. The summed E-state index contributed by atoms with van der Waals surface area (Å²) in [4.78, 5) is 5.84. The molecule has 0 radical (unpaired) electrons. The van der Waals surface area contributed by atoms with Gasteiger partial charge in [0.05, 0.1) is 17.2 Å². The Kier molecular flexibility index (Phi) is 6.89. The number of aromatic nitrogens is 1. The van der Waals surface area contributed by atoms with E-state index in [1.54, 1.807) is 22.7 Å². The van der Waals surface area contributed by atoms with Gasteiger partial charge in [0.2, 0.25) is 0 Å². The average Bonchev–Trinajstić information content (AvgIpc) is 3.31. The molecule has 0 saturated carbocycles. The summed E-state index contributed by atoms with van der Waals surface area (Å²) in [6, 6.07) is 12.3. The van der Waals surface area contributed by atoms with Crippen LogP contribution in [0.25, 0.3) is 10.6 Å². The van der Waals surface area contributed by atoms with Crippen molar-refractivity contribution in [2.45, 2.75) is 39.0 Å². The lowest BCUT2D eigenvalue weighted by Gasteiger charge is -2.07. The van der Waals surface area contributed by atoms with Gasteiger partial charge >= 0.3 is 0 Å². The molecule has 0 bridgehead atoms. The van der Waals surface area contributed by atoms with Crippen molar-refractivity contribution < 1.29 is 4.74 Å². The van der Waals surface area contributed by atoms with Crippen molar-refractivity contribution in [3.63, 3.8) is 0 Å². The Balaban J connectivity index is 1.46. The van der Waals surface area contributed by atoms with Crippen LogP contribution in [0, 0.1) is 0 Å². The van der Waals surface area contributed by atoms with Gasteiger partial charge in [0.15, 0.2) is 5.13 Å². The summed E-state index contributed by atoms with van der Waals surface area (Å²) in [5.74, 6) is 0.930. The second-order valence-electron chi connectivity index (χ2n) is 5.93. The van der Waals surface area contributed by atoms with Crippen LogP contribution in [0.2, 0.25) is 0 Å². The van der Waals surface area contributed by atoms with Crippen molar-refractivity contribution >= 4 is 33.5 Å². The van der Waals surface area contributed by atoms with E-state index in [9.17, 15) is 0 Å². The second kappa shape index (κ2) is 9.59. The molecule has 0 amide bonds. The largest absolute Gasteiger partial charge is 0.494 e. The third kappa shape index (κ3) is 5.58. The van der Waals surface area contributed by atoms with Crippen LogP contribution in [0.3, 0.4) is 0 Å². The first kappa shape index (κ1) is 18.0. The topological polar surface area (TPSA) is 34.1 Å². The number of ether oxygens (including phenoxy) is 1. The third-order valence-corrected chi connectivity index (χ3v) is 5.55. The van der Waals surface area contributed by atoms with Crippen molar-refractivity contribution in [2.24, 2.45) is 0 Å². The van der Waals surface area contributed by atoms with Crippen molar-refractivity contribution in [1.29, 1.82) is 0 Å². The van der Waals surface area contributed by atoms with E-state index in [-0.39, 0.29) is 0 Å². The maximum absolute atomic E-state index is 5.81. The number of benzene rings is 1. The number of anilines is 2. The van der Waals surface area contributed by atoms with Gasteiger partial charge in [-0.25, -0.2) is 4.98 Å². The van der Waals surface area contributed by atoms with E-state index in [0.717, 1.165) is 35.3 Å². The molecule has 2 aromatic heterocycles. The van der Waals surface area contributed by atoms with Crippen molar-refractivity contribution in [1.82, 2.24) is 4.98 Å². The minimum Gasteiger partial charge on any atom is -0.494 e. The fourth-order valence-corrected chi connectivity index (χ4v) is 4.01. The maximum atomic E-state index is 5.81. The summed E-state index contributed by atoms with van der Waals surface area (Å²) < 4.78 is 5.81. The molecule has 0 unspecified atom stereocenters. The molecule has 132 valence electrons. The predicted octanol–water partition coefficient (Wildman–Crippen LogP) is 6.96. The van der Waals surface area contributed by atoms with Gasteiger partial charge in [-0.05, 0) is 42.1 Å². The first-order chi connectivity index (χ1) is 12.3. The van der Waals surface area contributed by atoms with Crippen LogP contribution in [0.4, 0.5) is 10.8 Å². The standard InChI is InChI=1S/C20H24N2OS2/c1-2-3-4-5-6-13-23-17-11-9-16(10-12-17)21-20-22-18(15-25-20)19-8-7-14-24-19/h7-12,14-15H,2-6,13H2,1H3,(H,21,22). The highest BCUT2D eigenvalue weighted by molar-refractivity contribution is 7.16. The van der Waals surface area contributed by atoms with Gasteiger partial charge in [0, 0.05) is 11.1 Å². The third-order valence-electron chi connectivity index (χ3n) is 3.90. The number of hydrogen-bond acceptors (Lipinski definition) is 5. The van der Waals surface area contributed by atoms with E-state index in [4.69, 9.17) is 4.74 Å². The lowest BCUT2D eigenvalue weighted by molar-refractivity contribution is 0.304. The maximum Gasteiger partial charge on any atom is 0.187 e. The first-order valence-corrected chi connectivity index (χ1v) is 10.6. The Labute approximate surface area is 157 Å². The van der Waals surface area contributed by atoms with Crippen LogP contribution in [0.1, 0.15) is 39.0 Å². The molecule has 3 rings (SSSR count). The van der Waals surface area contributed by atoms with Gasteiger partial charge in [-0.15, -0.1) is 22.7 Å². The number of nitrogens with zero attached hydrogens (tertiary/aromatic N) is 1. The van der Waals surface area contributed by atoms with Crippen LogP contribution in [-0.4, -0.2) is 11.6 Å². The van der Waals surface area contributed by atoms with E-state index in [1.807, 2.05) is 24.3 Å². The number of thiazole rings is 1. The van der Waals surface area contributed by atoms with Crippen LogP contribution in [-0.2, 0) is 0 Å². The van der Waals surface area contributed by atoms with Gasteiger partial charge in [-0.1, -0.05) is 38.7 Å². The Bertz CT molecular complexity index is 735. The van der Waals surface area contributed by atoms with Gasteiger partial charge in [0.1, 0.15) is 5.75 Å². The molecule has 0 spiro atoms. The Morgan fingerprint density at radius 2 is 1.84 bits per heavy atom. The summed E-state index contributed by atoms with van der Waals surface area (Å²) in [5.41, 5.74) is 2.06. The number of thiophene rings is 1. The summed E-state index contributed by atoms with van der Waals surface area (Å²) in [5, 5.41) is 8.43. The molecule has 0 aliphatic carbocycles. The molecule has 0 fully saturated rings. The van der Waals surface area contributed by atoms with Gasteiger partial charge < -0.3 is 10.1 Å². The number of unbranched alkanes of at least 4 members (excludes halogenated alkanes) is 4. The summed E-state index contributed by atoms with van der Waals surface area (Å²) in [7, 11) is 0. The van der Waals surface area contributed by atoms with Crippen LogP contribution < -0.4 is 10.1 Å². The lowest BCUT2D eigenvalue weighted by atomic mass is 10.2. The lowest BCUT2D eigenvalue weighted by Crippen LogP contribution is -1.97. The monoisotopic (exact) mass is 372 g/mol. The molecular weight excluding hydrogens is 348 g/mol. The fraction of sp³-hybridized carbons (Fsp3) is 0.350. The molecule has 1 aromatic carbocycles. The van der Waals surface area contributed by atoms with E-state index in [0.29, 0.717) is 0 Å². The normalized spacial score (nSPS) is 10.8. The van der Waals surface area contributed by atoms with Crippen molar-refractivity contribution in [3.8, 4) is 16.3 Å². The SMILES string of the molecule is CCCCCCCOc1ccc(Nc2nc(-c3cccs3)cs2)cc1. The average molecular weight is 373 g/mol. The van der Waals surface area contributed by atoms with Gasteiger partial charge in [0.25, 0.3) is 0 Å². The molecule has 0 aliphatic rings. The van der Waals surface area contributed by atoms with E-state index >= 15 is 0 Å². The minimum absolute atomic E-state index is 0.799. The molecule has 5 heteroatoms. The minimum atomic E-state index is 0.799. The molecule has 0 atom stereocenters. The molecule has 25 heavy (non-hydrogen) atoms. The predicted molar refractivity (Wildman–Crippen MR) is 109 cm³/mol. The second-order valence-corrected chi connectivity index (χ2v) is 7.73. The number of hydrogen-bond donors (Lipinski definition) is 1. The Morgan fingerprint density at radius 3 is 2.60 bits per heavy atom. The molecular formula is C20H24N2OS2. The Morgan fingerprint density at radius 1 is 1.00 bits per heavy atom. The van der Waals surface area contributed by atoms with E-state index in [2.05, 4.69) is 40.1 Å². The van der Waals surface area contributed by atoms with Crippen molar-refractivity contribution in [2.75, 3.05) is 11.9 Å². The first-order valence-electron chi connectivity index (χ1n) is 8.84. The van der Waals surface area contributed by atoms with Gasteiger partial charge in [-0.2, -0.15) is 0 Å². The molecule has 0 saturated heterocycles. The van der Waals surface area contributed by atoms with E-state index < -0.39 is 0 Å². The van der Waals surface area contributed by atoms with Crippen LogP contribution in [0.5, 0.6) is 5.75 Å². The highest BCUT2D eigenvalue weighted by atomic mass is 32.1. The zero-order chi connectivity index (χ0) is 17.3. The van der Waals surface area contributed by atoms with Gasteiger partial charge in [-0.3, -0.25) is 0 Å². The zero-order valence-corrected chi connectivity index (χ0v) is 16.2. The Hall–Kier alpha value is -1.85. The molecule has 1 N–H and O–H groups in total. The summed E-state index contributed by atoms with van der Waals surface area (Å²) >= 11 is 3.33. The molecule has 2 heterocycles. The summed E-state index contributed by atoms with van der Waals surface area (Å²) in [6.45, 7) is 3.04. The number of nitrogens with one attached hydrogen (secondary N) is 1. The van der Waals surface area contributed by atoms with E-state index in [1.165, 1.54) is 30.6 Å². The van der Waals surface area contributed by atoms with Crippen LogP contribution in [0.15, 0.2) is 47.2 Å².